The third-order valence-corrected chi connectivity index (χ3v) is 5.25. The predicted molar refractivity (Wildman–Crippen MR) is 120 cm³/mol. The lowest BCUT2D eigenvalue weighted by atomic mass is 10.0. The first kappa shape index (κ1) is 20.5. The zero-order chi connectivity index (χ0) is 22.0. The van der Waals surface area contributed by atoms with E-state index in [4.69, 9.17) is 13.9 Å². The van der Waals surface area contributed by atoms with E-state index in [9.17, 15) is 4.79 Å². The van der Waals surface area contributed by atoms with Crippen molar-refractivity contribution in [2.24, 2.45) is 0 Å². The Balaban J connectivity index is 1.58. The zero-order valence-electron chi connectivity index (χ0n) is 18.0. The number of aryl methyl sites for hydroxylation is 3. The van der Waals surface area contributed by atoms with Gasteiger partial charge in [-0.3, -0.25) is 9.78 Å². The molecule has 0 aliphatic heterocycles. The van der Waals surface area contributed by atoms with Crippen molar-refractivity contribution in [2.75, 3.05) is 12.4 Å². The molecule has 158 valence electrons. The number of nitrogens with one attached hydrogen (secondary N) is 1. The van der Waals surface area contributed by atoms with E-state index in [0.29, 0.717) is 29.6 Å². The third-order valence-electron chi connectivity index (χ3n) is 5.25. The number of hydrogen-bond donors (Lipinski definition) is 1. The molecule has 0 unspecified atom stereocenters. The van der Waals surface area contributed by atoms with Crippen molar-refractivity contribution in [3.8, 4) is 11.5 Å². The van der Waals surface area contributed by atoms with E-state index in [0.717, 1.165) is 33.2 Å². The molecule has 0 radical (unpaired) electrons. The molecule has 6 heteroatoms. The number of pyridine rings is 1. The summed E-state index contributed by atoms with van der Waals surface area (Å²) in [5, 5.41) is 3.90. The maximum atomic E-state index is 13.0. The summed E-state index contributed by atoms with van der Waals surface area (Å²) in [6.45, 7) is 6.26. The van der Waals surface area contributed by atoms with Crippen LogP contribution in [0.2, 0.25) is 0 Å². The van der Waals surface area contributed by atoms with Crippen LogP contribution < -0.4 is 14.8 Å². The van der Waals surface area contributed by atoms with Gasteiger partial charge in [-0.15, -0.1) is 0 Å². The zero-order valence-corrected chi connectivity index (χ0v) is 18.0. The summed E-state index contributed by atoms with van der Waals surface area (Å²) in [7, 11) is 1.58. The molecule has 4 aromatic rings. The van der Waals surface area contributed by atoms with Gasteiger partial charge in [0.05, 0.1) is 7.11 Å². The average Bonchev–Trinajstić information content (AvgIpc) is 3.14. The van der Waals surface area contributed by atoms with Gasteiger partial charge in [0.1, 0.15) is 12.2 Å². The van der Waals surface area contributed by atoms with E-state index in [-0.39, 0.29) is 5.91 Å². The molecule has 31 heavy (non-hydrogen) atoms. The van der Waals surface area contributed by atoms with E-state index in [1.54, 1.807) is 37.7 Å². The number of anilines is 1. The Morgan fingerprint density at radius 2 is 1.74 bits per heavy atom. The number of furan rings is 1. The Bertz CT molecular complexity index is 1250. The Labute approximate surface area is 180 Å². The highest BCUT2D eigenvalue weighted by Crippen LogP contribution is 2.33. The van der Waals surface area contributed by atoms with Gasteiger partial charge in [0, 0.05) is 35.1 Å². The molecule has 4 rings (SSSR count). The SMILES string of the molecule is COc1ccc(NC(=O)c2oc3c(C)ccc(C)c3c2C)cc1OCc1ccncc1. The highest BCUT2D eigenvalue weighted by Gasteiger charge is 2.20. The number of hydrogen-bond acceptors (Lipinski definition) is 5. The van der Waals surface area contributed by atoms with E-state index >= 15 is 0 Å². The molecule has 0 bridgehead atoms. The second-order valence-corrected chi connectivity index (χ2v) is 7.42. The molecule has 0 atom stereocenters. The summed E-state index contributed by atoms with van der Waals surface area (Å²) in [5.41, 5.74) is 5.23. The van der Waals surface area contributed by atoms with Crippen LogP contribution in [0.4, 0.5) is 5.69 Å². The van der Waals surface area contributed by atoms with E-state index in [1.807, 2.05) is 45.0 Å². The first-order valence-corrected chi connectivity index (χ1v) is 9.98. The van der Waals surface area contributed by atoms with Crippen LogP contribution in [0.15, 0.2) is 59.3 Å². The van der Waals surface area contributed by atoms with Crippen LogP contribution in [-0.2, 0) is 6.61 Å². The normalized spacial score (nSPS) is 10.8. The van der Waals surface area contributed by atoms with Gasteiger partial charge in [0.15, 0.2) is 17.3 Å². The van der Waals surface area contributed by atoms with Crippen LogP contribution in [0.25, 0.3) is 11.0 Å². The molecule has 0 saturated carbocycles. The summed E-state index contributed by atoms with van der Waals surface area (Å²) in [6, 6.07) is 13.1. The molecular formula is C25H24N2O4. The summed E-state index contributed by atoms with van der Waals surface area (Å²) in [5.74, 6) is 1.11. The lowest BCUT2D eigenvalue weighted by molar-refractivity contribution is 0.0998. The topological polar surface area (TPSA) is 73.6 Å². The molecule has 2 aromatic carbocycles. The monoisotopic (exact) mass is 416 g/mol. The van der Waals surface area contributed by atoms with Crippen LogP contribution in [0.5, 0.6) is 11.5 Å². The van der Waals surface area contributed by atoms with E-state index in [1.165, 1.54) is 0 Å². The van der Waals surface area contributed by atoms with Crippen molar-refractivity contribution in [1.82, 2.24) is 4.98 Å². The fraction of sp³-hybridized carbons (Fsp3) is 0.200. The van der Waals surface area contributed by atoms with Crippen molar-refractivity contribution in [3.63, 3.8) is 0 Å². The number of nitrogens with zero attached hydrogens (tertiary/aromatic N) is 1. The minimum Gasteiger partial charge on any atom is -0.493 e. The second-order valence-electron chi connectivity index (χ2n) is 7.42. The summed E-state index contributed by atoms with van der Waals surface area (Å²) in [4.78, 5) is 17.0. The maximum absolute atomic E-state index is 13.0. The van der Waals surface area contributed by atoms with Gasteiger partial charge in [0.25, 0.3) is 5.91 Å². The lowest BCUT2D eigenvalue weighted by Gasteiger charge is -2.13. The molecule has 6 nitrogen and oxygen atoms in total. The summed E-state index contributed by atoms with van der Waals surface area (Å²) < 4.78 is 17.3. The number of amides is 1. The van der Waals surface area contributed by atoms with Crippen LogP contribution in [0.1, 0.15) is 32.8 Å². The minimum absolute atomic E-state index is 0.308. The molecular weight excluding hydrogens is 392 g/mol. The number of methoxy groups -OCH3 is 1. The summed E-state index contributed by atoms with van der Waals surface area (Å²) in [6.07, 6.45) is 3.43. The van der Waals surface area contributed by atoms with Crippen molar-refractivity contribution in [2.45, 2.75) is 27.4 Å². The van der Waals surface area contributed by atoms with Gasteiger partial charge in [-0.25, -0.2) is 0 Å². The number of carbonyl (C=O) groups is 1. The molecule has 1 N–H and O–H groups in total. The molecule has 1 amide bonds. The van der Waals surface area contributed by atoms with Gasteiger partial charge >= 0.3 is 0 Å². The van der Waals surface area contributed by atoms with Crippen LogP contribution in [0.3, 0.4) is 0 Å². The second kappa shape index (κ2) is 8.52. The minimum atomic E-state index is -0.308. The van der Waals surface area contributed by atoms with Gasteiger partial charge in [-0.1, -0.05) is 12.1 Å². The Hall–Kier alpha value is -3.80. The van der Waals surface area contributed by atoms with Crippen LogP contribution >= 0.6 is 0 Å². The molecule has 2 heterocycles. The fourth-order valence-electron chi connectivity index (χ4n) is 3.59. The highest BCUT2D eigenvalue weighted by molar-refractivity contribution is 6.07. The van der Waals surface area contributed by atoms with Crippen molar-refractivity contribution >= 4 is 22.6 Å². The van der Waals surface area contributed by atoms with Crippen molar-refractivity contribution in [1.29, 1.82) is 0 Å². The van der Waals surface area contributed by atoms with Gasteiger partial charge in [-0.05, 0) is 61.7 Å². The van der Waals surface area contributed by atoms with Gasteiger partial charge in [0.2, 0.25) is 0 Å². The first-order chi connectivity index (χ1) is 15.0. The highest BCUT2D eigenvalue weighted by atomic mass is 16.5. The smallest absolute Gasteiger partial charge is 0.291 e. The van der Waals surface area contributed by atoms with Gasteiger partial charge < -0.3 is 19.2 Å². The van der Waals surface area contributed by atoms with Crippen molar-refractivity contribution < 1.29 is 18.7 Å². The molecule has 0 aliphatic rings. The molecule has 0 fully saturated rings. The number of ether oxygens (including phenoxy) is 2. The maximum Gasteiger partial charge on any atom is 0.291 e. The van der Waals surface area contributed by atoms with E-state index in [2.05, 4.69) is 10.3 Å². The molecule has 0 saturated heterocycles. The lowest BCUT2D eigenvalue weighted by Crippen LogP contribution is -2.12. The fourth-order valence-corrected chi connectivity index (χ4v) is 3.59. The molecule has 0 aliphatic carbocycles. The first-order valence-electron chi connectivity index (χ1n) is 9.98. The van der Waals surface area contributed by atoms with E-state index < -0.39 is 0 Å². The standard InChI is InChI=1S/C25H24N2O4/c1-15-5-6-16(2)23-22(15)17(3)24(31-23)25(28)27-19-7-8-20(29-4)21(13-19)30-14-18-9-11-26-12-10-18/h5-13H,14H2,1-4H3,(H,27,28). The van der Waals surface area contributed by atoms with Crippen LogP contribution in [0, 0.1) is 20.8 Å². The Morgan fingerprint density at radius 1 is 1.00 bits per heavy atom. The summed E-state index contributed by atoms with van der Waals surface area (Å²) >= 11 is 0. The number of rotatable bonds is 6. The Kier molecular flexibility index (Phi) is 5.62. The Morgan fingerprint density at radius 3 is 2.45 bits per heavy atom. The average molecular weight is 416 g/mol. The quantitative estimate of drug-likeness (QED) is 0.443. The van der Waals surface area contributed by atoms with Crippen molar-refractivity contribution in [3.05, 3.63) is 82.9 Å². The molecule has 0 spiro atoms. The van der Waals surface area contributed by atoms with Gasteiger partial charge in [-0.2, -0.15) is 0 Å². The predicted octanol–water partition coefficient (Wildman–Crippen LogP) is 5.59. The third kappa shape index (κ3) is 4.10. The number of aromatic nitrogens is 1. The molecule has 2 aromatic heterocycles. The number of benzene rings is 2. The largest absolute Gasteiger partial charge is 0.493 e. The number of fused-ring (bicyclic) bond motifs is 1. The van der Waals surface area contributed by atoms with Crippen LogP contribution in [-0.4, -0.2) is 18.0 Å². The number of carbonyl (C=O) groups excluding carboxylic acids is 1.